The molecule has 2 unspecified atom stereocenters. The highest BCUT2D eigenvalue weighted by molar-refractivity contribution is 5.20. The molecule has 2 saturated heterocycles. The highest BCUT2D eigenvalue weighted by Gasteiger charge is 2.38. The standard InChI is InChI=1S/C22H32N2/c1-3-5-10-19(4-2)15-23-17-21-13-9-14-24(22(21)18-23)16-20-11-7-6-8-12-20/h4-8,10-12,21-22H,3,9,13-18H2,1-2H3/b10-5-,19-4+. The minimum Gasteiger partial charge on any atom is -0.297 e. The molecule has 0 amide bonds. The molecule has 0 bridgehead atoms. The van der Waals surface area contributed by atoms with Crippen LogP contribution in [-0.4, -0.2) is 42.0 Å². The number of hydrogen-bond donors (Lipinski definition) is 0. The summed E-state index contributed by atoms with van der Waals surface area (Å²) in [5.74, 6) is 0.857. The lowest BCUT2D eigenvalue weighted by atomic mass is 9.91. The van der Waals surface area contributed by atoms with E-state index in [2.05, 4.69) is 72.2 Å². The van der Waals surface area contributed by atoms with Crippen LogP contribution in [0.1, 0.15) is 38.7 Å². The predicted octanol–water partition coefficient (Wildman–Crippen LogP) is 4.50. The van der Waals surface area contributed by atoms with Gasteiger partial charge < -0.3 is 0 Å². The van der Waals surface area contributed by atoms with Crippen molar-refractivity contribution < 1.29 is 0 Å². The van der Waals surface area contributed by atoms with E-state index in [-0.39, 0.29) is 0 Å². The quantitative estimate of drug-likeness (QED) is 0.711. The fourth-order valence-electron chi connectivity index (χ4n) is 4.27. The average molecular weight is 325 g/mol. The number of likely N-dealkylation sites (tertiary alicyclic amines) is 2. The molecule has 3 rings (SSSR count). The molecule has 2 atom stereocenters. The maximum absolute atomic E-state index is 2.74. The number of hydrogen-bond acceptors (Lipinski definition) is 2. The van der Waals surface area contributed by atoms with E-state index in [0.717, 1.165) is 31.5 Å². The number of rotatable bonds is 6. The Bertz CT molecular complexity index is 561. The summed E-state index contributed by atoms with van der Waals surface area (Å²) in [6.45, 7) is 10.4. The maximum atomic E-state index is 2.74. The van der Waals surface area contributed by atoms with Gasteiger partial charge in [0, 0.05) is 32.2 Å². The van der Waals surface area contributed by atoms with Crippen LogP contribution in [0, 0.1) is 5.92 Å². The van der Waals surface area contributed by atoms with E-state index in [4.69, 9.17) is 0 Å². The average Bonchev–Trinajstić information content (AvgIpc) is 3.03. The van der Waals surface area contributed by atoms with Gasteiger partial charge in [-0.25, -0.2) is 0 Å². The highest BCUT2D eigenvalue weighted by atomic mass is 15.3. The summed E-state index contributed by atoms with van der Waals surface area (Å²) >= 11 is 0. The van der Waals surface area contributed by atoms with E-state index in [1.54, 1.807) is 0 Å². The third-order valence-corrected chi connectivity index (χ3v) is 5.54. The Balaban J connectivity index is 1.61. The maximum Gasteiger partial charge on any atom is 0.0267 e. The van der Waals surface area contributed by atoms with Gasteiger partial charge in [-0.3, -0.25) is 9.80 Å². The molecule has 0 saturated carbocycles. The summed E-state index contributed by atoms with van der Waals surface area (Å²) in [4.78, 5) is 5.41. The van der Waals surface area contributed by atoms with Gasteiger partial charge in [0.15, 0.2) is 0 Å². The molecule has 0 aromatic heterocycles. The molecule has 130 valence electrons. The van der Waals surface area contributed by atoms with Crippen LogP contribution in [0.25, 0.3) is 0 Å². The van der Waals surface area contributed by atoms with Crippen LogP contribution >= 0.6 is 0 Å². The lowest BCUT2D eigenvalue weighted by Gasteiger charge is -2.37. The smallest absolute Gasteiger partial charge is 0.0267 e. The topological polar surface area (TPSA) is 6.48 Å². The molecule has 2 fully saturated rings. The van der Waals surface area contributed by atoms with Gasteiger partial charge in [-0.05, 0) is 49.8 Å². The Kier molecular flexibility index (Phi) is 6.28. The van der Waals surface area contributed by atoms with Gasteiger partial charge in [-0.1, -0.05) is 55.5 Å². The predicted molar refractivity (Wildman–Crippen MR) is 103 cm³/mol. The van der Waals surface area contributed by atoms with Gasteiger partial charge in [-0.15, -0.1) is 0 Å². The first kappa shape index (κ1) is 17.4. The zero-order valence-electron chi connectivity index (χ0n) is 15.3. The van der Waals surface area contributed by atoms with Crippen LogP contribution in [-0.2, 0) is 6.54 Å². The minimum absolute atomic E-state index is 0.743. The zero-order valence-corrected chi connectivity index (χ0v) is 15.3. The first-order valence-electron chi connectivity index (χ1n) is 9.62. The lowest BCUT2D eigenvalue weighted by molar-refractivity contribution is 0.116. The summed E-state index contributed by atoms with van der Waals surface area (Å²) in [5, 5.41) is 0. The first-order chi connectivity index (χ1) is 11.8. The SMILES string of the molecule is C/C=C(\C=C/CC)CN1CC2CCCN(Cc3ccccc3)C2C1. The summed E-state index contributed by atoms with van der Waals surface area (Å²) in [5.41, 5.74) is 2.92. The van der Waals surface area contributed by atoms with E-state index in [1.165, 1.54) is 43.6 Å². The summed E-state index contributed by atoms with van der Waals surface area (Å²) in [6.07, 6.45) is 10.7. The Morgan fingerprint density at radius 3 is 2.79 bits per heavy atom. The molecule has 0 aliphatic carbocycles. The van der Waals surface area contributed by atoms with Crippen molar-refractivity contribution in [2.24, 2.45) is 5.92 Å². The summed E-state index contributed by atoms with van der Waals surface area (Å²) < 4.78 is 0. The van der Waals surface area contributed by atoms with Crippen molar-refractivity contribution in [1.82, 2.24) is 9.80 Å². The Morgan fingerprint density at radius 2 is 2.04 bits per heavy atom. The van der Waals surface area contributed by atoms with Gasteiger partial charge in [-0.2, -0.15) is 0 Å². The van der Waals surface area contributed by atoms with Crippen molar-refractivity contribution in [1.29, 1.82) is 0 Å². The first-order valence-corrected chi connectivity index (χ1v) is 9.62. The molecule has 2 nitrogen and oxygen atoms in total. The second-order valence-corrected chi connectivity index (χ2v) is 7.29. The van der Waals surface area contributed by atoms with Gasteiger partial charge in [0.05, 0.1) is 0 Å². The highest BCUT2D eigenvalue weighted by Crippen LogP contribution is 2.32. The van der Waals surface area contributed by atoms with Crippen molar-refractivity contribution in [2.45, 2.75) is 45.7 Å². The second-order valence-electron chi connectivity index (χ2n) is 7.29. The van der Waals surface area contributed by atoms with E-state index in [0.29, 0.717) is 0 Å². The van der Waals surface area contributed by atoms with Crippen molar-refractivity contribution in [2.75, 3.05) is 26.2 Å². The van der Waals surface area contributed by atoms with Crippen molar-refractivity contribution in [3.63, 3.8) is 0 Å². The van der Waals surface area contributed by atoms with Gasteiger partial charge >= 0.3 is 0 Å². The van der Waals surface area contributed by atoms with Gasteiger partial charge in [0.2, 0.25) is 0 Å². The molecule has 2 aliphatic rings. The Hall–Kier alpha value is -1.38. The van der Waals surface area contributed by atoms with Crippen LogP contribution in [0.3, 0.4) is 0 Å². The Labute approximate surface area is 147 Å². The van der Waals surface area contributed by atoms with Crippen LogP contribution in [0.5, 0.6) is 0 Å². The van der Waals surface area contributed by atoms with E-state index in [9.17, 15) is 0 Å². The monoisotopic (exact) mass is 324 g/mol. The van der Waals surface area contributed by atoms with E-state index in [1.807, 2.05) is 0 Å². The normalized spacial score (nSPS) is 26.2. The number of piperidine rings is 1. The second kappa shape index (κ2) is 8.64. The van der Waals surface area contributed by atoms with E-state index >= 15 is 0 Å². The Morgan fingerprint density at radius 1 is 1.21 bits per heavy atom. The van der Waals surface area contributed by atoms with Crippen molar-refractivity contribution in [3.8, 4) is 0 Å². The number of fused-ring (bicyclic) bond motifs is 1. The minimum atomic E-state index is 0.743. The fraction of sp³-hybridized carbons (Fsp3) is 0.545. The van der Waals surface area contributed by atoms with Crippen LogP contribution in [0.15, 0.2) is 54.1 Å². The number of allylic oxidation sites excluding steroid dienone is 2. The lowest BCUT2D eigenvalue weighted by Crippen LogP contribution is -2.44. The van der Waals surface area contributed by atoms with E-state index < -0.39 is 0 Å². The molecule has 2 aliphatic heterocycles. The molecule has 2 heteroatoms. The zero-order chi connectivity index (χ0) is 16.8. The van der Waals surface area contributed by atoms with Crippen LogP contribution in [0.2, 0.25) is 0 Å². The molecule has 2 heterocycles. The number of nitrogens with zero attached hydrogens (tertiary/aromatic N) is 2. The van der Waals surface area contributed by atoms with Gasteiger partial charge in [0.1, 0.15) is 0 Å². The third-order valence-electron chi connectivity index (χ3n) is 5.54. The molecule has 0 spiro atoms. The van der Waals surface area contributed by atoms with Crippen molar-refractivity contribution >= 4 is 0 Å². The molecular weight excluding hydrogens is 292 g/mol. The third kappa shape index (κ3) is 4.37. The molecule has 1 aromatic rings. The molecule has 0 N–H and O–H groups in total. The molecular formula is C22H32N2. The van der Waals surface area contributed by atoms with Gasteiger partial charge in [0.25, 0.3) is 0 Å². The van der Waals surface area contributed by atoms with Crippen molar-refractivity contribution in [3.05, 3.63) is 59.7 Å². The molecule has 24 heavy (non-hydrogen) atoms. The van der Waals surface area contributed by atoms with Crippen LogP contribution < -0.4 is 0 Å². The van der Waals surface area contributed by atoms with Crippen LogP contribution in [0.4, 0.5) is 0 Å². The fourth-order valence-corrected chi connectivity index (χ4v) is 4.27. The summed E-state index contributed by atoms with van der Waals surface area (Å²) in [7, 11) is 0. The molecule has 1 aromatic carbocycles. The summed E-state index contributed by atoms with van der Waals surface area (Å²) in [6, 6.07) is 11.7. The molecule has 0 radical (unpaired) electrons. The number of benzene rings is 1. The largest absolute Gasteiger partial charge is 0.297 e.